The third-order valence-electron chi connectivity index (χ3n) is 5.72. The average Bonchev–Trinajstić information content (AvgIpc) is 3.41. The highest BCUT2D eigenvalue weighted by Gasteiger charge is 2.34. The molecule has 0 atom stereocenters. The SMILES string of the molecule is O=C(NC1CCCCC1)C1CCN(S(=O)(=O)c2ccc(-c3ccn[nH]3)o2)CC1. The van der Waals surface area contributed by atoms with Crippen LogP contribution in [0, 0.1) is 5.92 Å². The lowest BCUT2D eigenvalue weighted by atomic mass is 9.93. The van der Waals surface area contributed by atoms with E-state index in [-0.39, 0.29) is 23.0 Å². The van der Waals surface area contributed by atoms with Gasteiger partial charge in [0, 0.05) is 31.2 Å². The largest absolute Gasteiger partial charge is 0.442 e. The van der Waals surface area contributed by atoms with Gasteiger partial charge in [-0.1, -0.05) is 19.3 Å². The van der Waals surface area contributed by atoms with Crippen LogP contribution in [0.25, 0.3) is 11.5 Å². The van der Waals surface area contributed by atoms with Crippen LogP contribution in [-0.2, 0) is 14.8 Å². The van der Waals surface area contributed by atoms with E-state index in [1.807, 2.05) is 0 Å². The first-order valence-electron chi connectivity index (χ1n) is 9.94. The van der Waals surface area contributed by atoms with Gasteiger partial charge in [0.05, 0.1) is 0 Å². The Kier molecular flexibility index (Phi) is 5.54. The summed E-state index contributed by atoms with van der Waals surface area (Å²) in [4.78, 5) is 12.5. The molecule has 0 aromatic carbocycles. The number of rotatable bonds is 5. The Balaban J connectivity index is 1.35. The van der Waals surface area contributed by atoms with Crippen molar-refractivity contribution >= 4 is 15.9 Å². The van der Waals surface area contributed by atoms with E-state index < -0.39 is 10.0 Å². The van der Waals surface area contributed by atoms with E-state index >= 15 is 0 Å². The summed E-state index contributed by atoms with van der Waals surface area (Å²) in [7, 11) is -3.71. The number of nitrogens with zero attached hydrogens (tertiary/aromatic N) is 2. The quantitative estimate of drug-likeness (QED) is 0.793. The molecule has 0 bridgehead atoms. The molecule has 2 N–H and O–H groups in total. The first kappa shape index (κ1) is 19.2. The van der Waals surface area contributed by atoms with Gasteiger partial charge < -0.3 is 9.73 Å². The maximum atomic E-state index is 12.9. The number of carbonyl (C=O) groups is 1. The van der Waals surface area contributed by atoms with E-state index in [1.54, 1.807) is 18.3 Å². The molecular formula is C19H26N4O4S. The second-order valence-electron chi connectivity index (χ2n) is 7.61. The van der Waals surface area contributed by atoms with Gasteiger partial charge >= 0.3 is 0 Å². The van der Waals surface area contributed by atoms with E-state index in [9.17, 15) is 13.2 Å². The molecule has 2 fully saturated rings. The predicted octanol–water partition coefficient (Wildman–Crippen LogP) is 2.52. The van der Waals surface area contributed by atoms with Crippen molar-refractivity contribution in [2.45, 2.75) is 56.1 Å². The number of amides is 1. The number of hydrogen-bond donors (Lipinski definition) is 2. The first-order valence-corrected chi connectivity index (χ1v) is 11.4. The van der Waals surface area contributed by atoms with Gasteiger partial charge in [0.25, 0.3) is 10.0 Å². The number of furan rings is 1. The van der Waals surface area contributed by atoms with Crippen LogP contribution in [0.2, 0.25) is 0 Å². The zero-order valence-electron chi connectivity index (χ0n) is 15.8. The van der Waals surface area contributed by atoms with Crippen LogP contribution in [0.15, 0.2) is 33.9 Å². The topological polar surface area (TPSA) is 108 Å². The Morgan fingerprint density at radius 1 is 1.11 bits per heavy atom. The highest BCUT2D eigenvalue weighted by molar-refractivity contribution is 7.89. The Labute approximate surface area is 164 Å². The van der Waals surface area contributed by atoms with Crippen molar-refractivity contribution in [3.05, 3.63) is 24.4 Å². The molecular weight excluding hydrogens is 380 g/mol. The van der Waals surface area contributed by atoms with Gasteiger partial charge in [0.15, 0.2) is 5.76 Å². The molecule has 28 heavy (non-hydrogen) atoms. The standard InChI is InChI=1S/C19H26N4O4S/c24-19(21-15-4-2-1-3-5-15)14-9-12-23(13-10-14)28(25,26)18-7-6-17(27-18)16-8-11-20-22-16/h6-8,11,14-15H,1-5,9-10,12-13H2,(H,20,22)(H,21,24). The number of H-pyrrole nitrogens is 1. The summed E-state index contributed by atoms with van der Waals surface area (Å²) in [5.41, 5.74) is 0.625. The molecule has 152 valence electrons. The van der Waals surface area contributed by atoms with E-state index in [4.69, 9.17) is 4.42 Å². The Morgan fingerprint density at radius 2 is 1.86 bits per heavy atom. The molecule has 1 saturated heterocycles. The number of aromatic amines is 1. The van der Waals surface area contributed by atoms with Gasteiger partial charge in [0.1, 0.15) is 5.69 Å². The fourth-order valence-corrected chi connectivity index (χ4v) is 5.43. The lowest BCUT2D eigenvalue weighted by Crippen LogP contribution is -2.45. The summed E-state index contributed by atoms with van der Waals surface area (Å²) in [6, 6.07) is 5.08. The first-order chi connectivity index (χ1) is 13.5. The van der Waals surface area contributed by atoms with Crippen molar-refractivity contribution in [1.82, 2.24) is 19.8 Å². The van der Waals surface area contributed by atoms with Crippen LogP contribution < -0.4 is 5.32 Å². The highest BCUT2D eigenvalue weighted by Crippen LogP contribution is 2.28. The third kappa shape index (κ3) is 4.00. The lowest BCUT2D eigenvalue weighted by molar-refractivity contribution is -0.127. The second kappa shape index (κ2) is 8.08. The smallest absolute Gasteiger partial charge is 0.276 e. The molecule has 0 radical (unpaired) electrons. The van der Waals surface area contributed by atoms with Crippen molar-refractivity contribution in [2.24, 2.45) is 5.92 Å². The Bertz CT molecular complexity index is 892. The molecule has 3 heterocycles. The fourth-order valence-electron chi connectivity index (χ4n) is 4.05. The minimum absolute atomic E-state index is 0.0727. The molecule has 0 unspecified atom stereocenters. The van der Waals surface area contributed by atoms with E-state index in [0.29, 0.717) is 37.4 Å². The van der Waals surface area contributed by atoms with E-state index in [1.165, 1.54) is 29.6 Å². The van der Waals surface area contributed by atoms with E-state index in [0.717, 1.165) is 12.8 Å². The van der Waals surface area contributed by atoms with Crippen LogP contribution in [0.3, 0.4) is 0 Å². The summed E-state index contributed by atoms with van der Waals surface area (Å²) in [5.74, 6) is 0.381. The number of carbonyl (C=O) groups excluding carboxylic acids is 1. The van der Waals surface area contributed by atoms with E-state index in [2.05, 4.69) is 15.5 Å². The lowest BCUT2D eigenvalue weighted by Gasteiger charge is -2.31. The van der Waals surface area contributed by atoms with Crippen LogP contribution in [0.5, 0.6) is 0 Å². The zero-order valence-corrected chi connectivity index (χ0v) is 16.6. The summed E-state index contributed by atoms with van der Waals surface area (Å²) >= 11 is 0. The van der Waals surface area contributed by atoms with Crippen LogP contribution in [-0.4, -0.2) is 48.0 Å². The molecule has 1 aliphatic carbocycles. The number of nitrogens with one attached hydrogen (secondary N) is 2. The second-order valence-corrected chi connectivity index (χ2v) is 9.48. The van der Waals surface area contributed by atoms with Crippen molar-refractivity contribution in [3.63, 3.8) is 0 Å². The molecule has 4 rings (SSSR count). The minimum atomic E-state index is -3.71. The van der Waals surface area contributed by atoms with Gasteiger partial charge in [-0.25, -0.2) is 8.42 Å². The van der Waals surface area contributed by atoms with Crippen molar-refractivity contribution < 1.29 is 17.6 Å². The van der Waals surface area contributed by atoms with Gasteiger partial charge in [-0.05, 0) is 43.9 Å². The van der Waals surface area contributed by atoms with Crippen molar-refractivity contribution in [1.29, 1.82) is 0 Å². The molecule has 8 nitrogen and oxygen atoms in total. The summed E-state index contributed by atoms with van der Waals surface area (Å²) in [6.45, 7) is 0.649. The van der Waals surface area contributed by atoms with Crippen LogP contribution in [0.1, 0.15) is 44.9 Å². The van der Waals surface area contributed by atoms with Crippen LogP contribution >= 0.6 is 0 Å². The predicted molar refractivity (Wildman–Crippen MR) is 103 cm³/mol. The van der Waals surface area contributed by atoms with Gasteiger partial charge in [-0.15, -0.1) is 0 Å². The third-order valence-corrected chi connectivity index (χ3v) is 7.49. The molecule has 2 aromatic heterocycles. The fraction of sp³-hybridized carbons (Fsp3) is 0.579. The number of piperidine rings is 1. The minimum Gasteiger partial charge on any atom is -0.442 e. The molecule has 1 saturated carbocycles. The number of aromatic nitrogens is 2. The number of sulfonamides is 1. The monoisotopic (exact) mass is 406 g/mol. The summed E-state index contributed by atoms with van der Waals surface area (Å²) < 4.78 is 32.7. The molecule has 2 aromatic rings. The molecule has 9 heteroatoms. The number of hydrogen-bond acceptors (Lipinski definition) is 5. The maximum absolute atomic E-state index is 12.9. The van der Waals surface area contributed by atoms with Gasteiger partial charge in [-0.3, -0.25) is 9.89 Å². The molecule has 1 amide bonds. The Morgan fingerprint density at radius 3 is 2.54 bits per heavy atom. The van der Waals surface area contributed by atoms with Crippen LogP contribution in [0.4, 0.5) is 0 Å². The van der Waals surface area contributed by atoms with Crippen molar-refractivity contribution in [2.75, 3.05) is 13.1 Å². The maximum Gasteiger partial charge on any atom is 0.276 e. The highest BCUT2D eigenvalue weighted by atomic mass is 32.2. The summed E-state index contributed by atoms with van der Waals surface area (Å²) in [5, 5.41) is 9.67. The Hall–Kier alpha value is -2.13. The van der Waals surface area contributed by atoms with Gasteiger partial charge in [0.2, 0.25) is 11.0 Å². The van der Waals surface area contributed by atoms with Crippen molar-refractivity contribution in [3.8, 4) is 11.5 Å². The molecule has 1 aliphatic heterocycles. The normalized spacial score (nSPS) is 20.3. The molecule has 0 spiro atoms. The molecule has 2 aliphatic rings. The average molecular weight is 407 g/mol. The van der Waals surface area contributed by atoms with Gasteiger partial charge in [-0.2, -0.15) is 9.40 Å². The zero-order chi connectivity index (χ0) is 19.6. The summed E-state index contributed by atoms with van der Waals surface area (Å²) in [6.07, 6.45) is 8.34.